The molecule has 0 aromatic carbocycles. The highest BCUT2D eigenvalue weighted by molar-refractivity contribution is 5.88. The Kier molecular flexibility index (Phi) is 3.41. The monoisotopic (exact) mass is 324 g/mol. The highest BCUT2D eigenvalue weighted by Crippen LogP contribution is 2.46. The molecular formula is C17H20N6O. The maximum Gasteiger partial charge on any atom is 0.224 e. The van der Waals surface area contributed by atoms with Gasteiger partial charge in [0.1, 0.15) is 17.8 Å². The summed E-state index contributed by atoms with van der Waals surface area (Å²) in [5.74, 6) is 1.04. The van der Waals surface area contributed by atoms with Crippen molar-refractivity contribution >= 4 is 22.8 Å². The number of piperazine rings is 1. The Hall–Kier alpha value is -2.62. The molecule has 1 aliphatic carbocycles. The van der Waals surface area contributed by atoms with Crippen LogP contribution in [0.5, 0.6) is 0 Å². The van der Waals surface area contributed by atoms with Crippen molar-refractivity contribution in [2.75, 3.05) is 18.0 Å². The minimum atomic E-state index is -0.0768. The Balaban J connectivity index is 1.62. The number of H-pyrrole nitrogens is 1. The Morgan fingerprint density at radius 1 is 1.50 bits per heavy atom. The second-order valence-electron chi connectivity index (χ2n) is 6.80. The van der Waals surface area contributed by atoms with Gasteiger partial charge in [0.2, 0.25) is 5.91 Å². The number of aromatic amines is 1. The second-order valence-corrected chi connectivity index (χ2v) is 6.80. The summed E-state index contributed by atoms with van der Waals surface area (Å²) in [6, 6.07) is 4.25. The van der Waals surface area contributed by atoms with E-state index in [0.717, 1.165) is 36.2 Å². The Bertz CT molecular complexity index is 818. The first-order valence-electron chi connectivity index (χ1n) is 8.37. The summed E-state index contributed by atoms with van der Waals surface area (Å²) >= 11 is 0. The summed E-state index contributed by atoms with van der Waals surface area (Å²) in [4.78, 5) is 28.7. The molecule has 2 aliphatic rings. The smallest absolute Gasteiger partial charge is 0.224 e. The van der Waals surface area contributed by atoms with Crippen LogP contribution in [0.2, 0.25) is 0 Å². The van der Waals surface area contributed by atoms with Gasteiger partial charge in [0.25, 0.3) is 0 Å². The number of aromatic nitrogens is 3. The molecule has 7 nitrogen and oxygen atoms in total. The third-order valence-corrected chi connectivity index (χ3v) is 5.20. The van der Waals surface area contributed by atoms with E-state index in [1.807, 2.05) is 17.2 Å². The lowest BCUT2D eigenvalue weighted by Gasteiger charge is -2.46. The summed E-state index contributed by atoms with van der Waals surface area (Å²) in [6.45, 7) is 3.60. The van der Waals surface area contributed by atoms with Gasteiger partial charge < -0.3 is 14.8 Å². The van der Waals surface area contributed by atoms with Crippen LogP contribution >= 0.6 is 0 Å². The number of nitrogens with zero attached hydrogens (tertiary/aromatic N) is 5. The number of rotatable bonds is 3. The maximum atomic E-state index is 12.5. The number of nitriles is 1. The molecule has 1 unspecified atom stereocenters. The van der Waals surface area contributed by atoms with E-state index in [2.05, 4.69) is 32.8 Å². The third kappa shape index (κ3) is 2.30. The van der Waals surface area contributed by atoms with Crippen molar-refractivity contribution in [2.24, 2.45) is 0 Å². The van der Waals surface area contributed by atoms with E-state index in [1.54, 1.807) is 6.33 Å². The molecule has 1 amide bonds. The lowest BCUT2D eigenvalue weighted by molar-refractivity contribution is -0.135. The molecule has 7 heteroatoms. The molecule has 1 N–H and O–H groups in total. The van der Waals surface area contributed by atoms with Crippen molar-refractivity contribution in [1.82, 2.24) is 19.9 Å². The first-order valence-corrected chi connectivity index (χ1v) is 8.37. The fourth-order valence-electron chi connectivity index (χ4n) is 3.72. The van der Waals surface area contributed by atoms with Gasteiger partial charge in [-0.25, -0.2) is 9.97 Å². The number of anilines is 1. The van der Waals surface area contributed by atoms with Gasteiger partial charge in [-0.3, -0.25) is 4.79 Å². The normalized spacial score (nSPS) is 21.9. The van der Waals surface area contributed by atoms with Crippen LogP contribution in [0, 0.1) is 11.3 Å². The average Bonchev–Trinajstić information content (AvgIpc) is 3.18. The number of hydrogen-bond donors (Lipinski definition) is 1. The molecule has 3 heterocycles. The van der Waals surface area contributed by atoms with Gasteiger partial charge >= 0.3 is 0 Å². The summed E-state index contributed by atoms with van der Waals surface area (Å²) in [5.41, 5.74) is 0.761. The molecule has 24 heavy (non-hydrogen) atoms. The first-order chi connectivity index (χ1) is 11.6. The van der Waals surface area contributed by atoms with Crippen LogP contribution in [0.4, 0.5) is 5.82 Å². The molecule has 124 valence electrons. The number of carbonyl (C=O) groups is 1. The largest absolute Gasteiger partial charge is 0.349 e. The Labute approximate surface area is 140 Å². The fraction of sp³-hybridized carbons (Fsp3) is 0.529. The lowest BCUT2D eigenvalue weighted by atomic mass is 10.0. The highest BCUT2D eigenvalue weighted by atomic mass is 16.2. The van der Waals surface area contributed by atoms with Gasteiger partial charge in [0.05, 0.1) is 17.0 Å². The summed E-state index contributed by atoms with van der Waals surface area (Å²) in [7, 11) is 0. The molecule has 0 radical (unpaired) electrons. The van der Waals surface area contributed by atoms with Gasteiger partial charge in [-0.05, 0) is 25.8 Å². The zero-order valence-electron chi connectivity index (χ0n) is 13.7. The van der Waals surface area contributed by atoms with Crippen LogP contribution < -0.4 is 4.90 Å². The van der Waals surface area contributed by atoms with Crippen molar-refractivity contribution in [3.05, 3.63) is 18.6 Å². The van der Waals surface area contributed by atoms with Crippen LogP contribution in [-0.2, 0) is 4.79 Å². The topological polar surface area (TPSA) is 88.9 Å². The molecule has 2 aromatic heterocycles. The lowest BCUT2D eigenvalue weighted by Crippen LogP contribution is -2.61. The number of nitrogens with one attached hydrogen (secondary N) is 1. The zero-order valence-corrected chi connectivity index (χ0v) is 13.7. The minimum Gasteiger partial charge on any atom is -0.349 e. The average molecular weight is 324 g/mol. The molecule has 4 rings (SSSR count). The molecule has 0 bridgehead atoms. The molecule has 1 saturated heterocycles. The van der Waals surface area contributed by atoms with Crippen LogP contribution in [0.1, 0.15) is 32.6 Å². The predicted octanol–water partition coefficient (Wildman–Crippen LogP) is 1.83. The standard InChI is InChI=1S/C17H20N6O/c1-12-9-23(14(24)3-2-7-18)17(5-6-17)10-22(12)16-13-4-8-19-15(13)20-11-21-16/h4,8,11-12H,2-3,5-6,9-10H2,1H3,(H,19,20,21). The Morgan fingerprint density at radius 2 is 2.33 bits per heavy atom. The second kappa shape index (κ2) is 5.48. The third-order valence-electron chi connectivity index (χ3n) is 5.20. The van der Waals surface area contributed by atoms with Crippen molar-refractivity contribution in [3.63, 3.8) is 0 Å². The molecule has 1 aliphatic heterocycles. The van der Waals surface area contributed by atoms with E-state index in [4.69, 9.17) is 5.26 Å². The molecule has 1 spiro atoms. The molecule has 1 atom stereocenters. The van der Waals surface area contributed by atoms with Gasteiger partial charge in [-0.1, -0.05) is 0 Å². The number of fused-ring (bicyclic) bond motifs is 1. The van der Waals surface area contributed by atoms with Crippen molar-refractivity contribution < 1.29 is 4.79 Å². The predicted molar refractivity (Wildman–Crippen MR) is 89.2 cm³/mol. The number of hydrogen-bond acceptors (Lipinski definition) is 5. The fourth-order valence-corrected chi connectivity index (χ4v) is 3.72. The van der Waals surface area contributed by atoms with Gasteiger partial charge in [0, 0.05) is 38.2 Å². The van der Waals surface area contributed by atoms with E-state index < -0.39 is 0 Å². The van der Waals surface area contributed by atoms with Crippen LogP contribution in [0.3, 0.4) is 0 Å². The first kappa shape index (κ1) is 14.9. The van der Waals surface area contributed by atoms with Crippen LogP contribution in [0.15, 0.2) is 18.6 Å². The van der Waals surface area contributed by atoms with E-state index in [0.29, 0.717) is 19.4 Å². The van der Waals surface area contributed by atoms with E-state index in [1.165, 1.54) is 0 Å². The molecule has 2 aromatic rings. The summed E-state index contributed by atoms with van der Waals surface area (Å²) < 4.78 is 0. The van der Waals surface area contributed by atoms with Crippen molar-refractivity contribution in [2.45, 2.75) is 44.2 Å². The quantitative estimate of drug-likeness (QED) is 0.930. The molecule has 1 saturated carbocycles. The van der Waals surface area contributed by atoms with Crippen LogP contribution in [-0.4, -0.2) is 50.4 Å². The van der Waals surface area contributed by atoms with Gasteiger partial charge in [-0.2, -0.15) is 5.26 Å². The van der Waals surface area contributed by atoms with Crippen molar-refractivity contribution in [3.8, 4) is 6.07 Å². The zero-order chi connectivity index (χ0) is 16.7. The number of amides is 1. The molecular weight excluding hydrogens is 304 g/mol. The Morgan fingerprint density at radius 3 is 3.08 bits per heavy atom. The van der Waals surface area contributed by atoms with E-state index >= 15 is 0 Å². The highest BCUT2D eigenvalue weighted by Gasteiger charge is 2.54. The molecule has 2 fully saturated rings. The number of carbonyl (C=O) groups excluding carboxylic acids is 1. The summed E-state index contributed by atoms with van der Waals surface area (Å²) in [5, 5.41) is 9.75. The summed E-state index contributed by atoms with van der Waals surface area (Å²) in [6.07, 6.45) is 6.12. The van der Waals surface area contributed by atoms with Gasteiger partial charge in [-0.15, -0.1) is 0 Å². The van der Waals surface area contributed by atoms with E-state index in [-0.39, 0.29) is 17.5 Å². The van der Waals surface area contributed by atoms with Crippen molar-refractivity contribution in [1.29, 1.82) is 5.26 Å². The maximum absolute atomic E-state index is 12.5. The minimum absolute atomic E-state index is 0.0768. The SMILES string of the molecule is CC1CN(C(=O)CCC#N)C2(CC2)CN1c1ncnc2[nH]ccc12. The van der Waals surface area contributed by atoms with Gasteiger partial charge in [0.15, 0.2) is 0 Å². The van der Waals surface area contributed by atoms with Crippen LogP contribution in [0.25, 0.3) is 11.0 Å². The van der Waals surface area contributed by atoms with E-state index in [9.17, 15) is 4.79 Å².